The fourth-order valence-corrected chi connectivity index (χ4v) is 16.8. The molecule has 12 aromatic rings. The Hall–Kier alpha value is -9.28. The van der Waals surface area contributed by atoms with Crippen LogP contribution in [-0.4, -0.2) is 6.04 Å². The number of para-hydroxylation sites is 2. The molecule has 0 amide bonds. The number of hydrogen-bond acceptors (Lipinski definition) is 3. The number of benzene rings is 10. The summed E-state index contributed by atoms with van der Waals surface area (Å²) in [6, 6.07) is 77.6. The summed E-state index contributed by atoms with van der Waals surface area (Å²) in [6.45, 7) is 9.07. The highest BCUT2D eigenvalue weighted by Gasteiger charge is 2.52. The molecule has 0 aliphatic heterocycles. The van der Waals surface area contributed by atoms with Gasteiger partial charge in [0, 0.05) is 58.9 Å². The average Bonchev–Trinajstić information content (AvgIpc) is 2.49. The molecule has 1 spiro atoms. The molecule has 0 fully saturated rings. The second-order valence-electron chi connectivity index (χ2n) is 23.3. The average molecular weight is 1050 g/mol. The zero-order valence-corrected chi connectivity index (χ0v) is 46.1. The van der Waals surface area contributed by atoms with Gasteiger partial charge >= 0.3 is 0 Å². The molecule has 0 bridgehead atoms. The van der Waals surface area contributed by atoms with Gasteiger partial charge in [-0.2, -0.15) is 0 Å². The molecule has 2 nitrogen and oxygen atoms in total. The van der Waals surface area contributed by atoms with Crippen LogP contribution in [0.15, 0.2) is 265 Å². The van der Waals surface area contributed by atoms with Crippen LogP contribution in [-0.2, 0) is 23.7 Å². The van der Waals surface area contributed by atoms with Gasteiger partial charge in [-0.05, 0) is 150 Å². The van der Waals surface area contributed by atoms with Crippen molar-refractivity contribution in [3.63, 3.8) is 0 Å². The molecule has 17 rings (SSSR count). The predicted molar refractivity (Wildman–Crippen MR) is 341 cm³/mol. The van der Waals surface area contributed by atoms with E-state index in [9.17, 15) is 0 Å². The Balaban J connectivity index is 0.777. The summed E-state index contributed by atoms with van der Waals surface area (Å²) in [5.41, 5.74) is 28.9. The monoisotopic (exact) mass is 1050 g/mol. The topological polar surface area (TPSA) is 16.4 Å². The van der Waals surface area contributed by atoms with Crippen molar-refractivity contribution < 1.29 is 4.42 Å². The van der Waals surface area contributed by atoms with Gasteiger partial charge in [0.15, 0.2) is 0 Å². The third kappa shape index (κ3) is 6.50. The van der Waals surface area contributed by atoms with Crippen molar-refractivity contribution in [2.45, 2.75) is 50.0 Å². The van der Waals surface area contributed by atoms with Crippen molar-refractivity contribution in [2.24, 2.45) is 0 Å². The van der Waals surface area contributed by atoms with Crippen LogP contribution in [0, 0.1) is 0 Å². The Kier molecular flexibility index (Phi) is 9.99. The summed E-state index contributed by atoms with van der Waals surface area (Å²) in [5.74, 6) is 0. The first kappa shape index (κ1) is 46.6. The van der Waals surface area contributed by atoms with E-state index in [1.165, 1.54) is 120 Å². The lowest BCUT2D eigenvalue weighted by molar-refractivity contribution is 0.659. The molecule has 384 valence electrons. The van der Waals surface area contributed by atoms with E-state index in [4.69, 9.17) is 4.42 Å². The van der Waals surface area contributed by atoms with Gasteiger partial charge in [0.2, 0.25) is 0 Å². The highest BCUT2D eigenvalue weighted by molar-refractivity contribution is 7.26. The number of allylic oxidation sites excluding steroid dienone is 6. The molecule has 0 saturated heterocycles. The Morgan fingerprint density at radius 1 is 0.580 bits per heavy atom. The molecule has 0 radical (unpaired) electrons. The van der Waals surface area contributed by atoms with E-state index < -0.39 is 5.41 Å². The molecular formula is C78H55NOS. The lowest BCUT2D eigenvalue weighted by Crippen LogP contribution is -2.34. The van der Waals surface area contributed by atoms with E-state index in [-0.39, 0.29) is 11.5 Å². The highest BCUT2D eigenvalue weighted by Crippen LogP contribution is 2.65. The zero-order valence-electron chi connectivity index (χ0n) is 45.3. The first-order chi connectivity index (χ1) is 39.9. The molecule has 10 aromatic carbocycles. The highest BCUT2D eigenvalue weighted by atomic mass is 32.1. The van der Waals surface area contributed by atoms with Crippen molar-refractivity contribution in [2.75, 3.05) is 4.90 Å². The predicted octanol–water partition coefficient (Wildman–Crippen LogP) is 20.3. The van der Waals surface area contributed by atoms with Crippen molar-refractivity contribution >= 4 is 64.7 Å². The van der Waals surface area contributed by atoms with Crippen LogP contribution in [0.3, 0.4) is 0 Å². The van der Waals surface area contributed by atoms with Gasteiger partial charge in [0.25, 0.3) is 0 Å². The molecule has 81 heavy (non-hydrogen) atoms. The van der Waals surface area contributed by atoms with Crippen LogP contribution in [0.4, 0.5) is 5.69 Å². The van der Waals surface area contributed by atoms with Crippen LogP contribution in [0.2, 0.25) is 0 Å². The number of nitrogens with zero attached hydrogens (tertiary/aromatic N) is 1. The quantitative estimate of drug-likeness (QED) is 0.141. The fourth-order valence-electron chi connectivity index (χ4n) is 15.4. The number of thiophene rings is 1. The van der Waals surface area contributed by atoms with Gasteiger partial charge in [0.1, 0.15) is 11.2 Å². The molecule has 2 unspecified atom stereocenters. The minimum Gasteiger partial charge on any atom is -0.455 e. The molecule has 2 aromatic heterocycles. The Morgan fingerprint density at radius 2 is 1.25 bits per heavy atom. The number of hydrogen-bond donors (Lipinski definition) is 0. The lowest BCUT2D eigenvalue weighted by Gasteiger charge is -2.35. The molecule has 5 aliphatic carbocycles. The summed E-state index contributed by atoms with van der Waals surface area (Å²) < 4.78 is 9.37. The maximum absolute atomic E-state index is 6.67. The summed E-state index contributed by atoms with van der Waals surface area (Å²) in [5, 5.41) is 4.92. The van der Waals surface area contributed by atoms with Gasteiger partial charge < -0.3 is 9.32 Å². The first-order valence-corrected chi connectivity index (χ1v) is 29.4. The van der Waals surface area contributed by atoms with E-state index in [1.54, 1.807) is 0 Å². The largest absolute Gasteiger partial charge is 0.455 e. The maximum Gasteiger partial charge on any atom is 0.143 e. The van der Waals surface area contributed by atoms with E-state index in [0.717, 1.165) is 58.0 Å². The van der Waals surface area contributed by atoms with Crippen LogP contribution in [0.5, 0.6) is 0 Å². The zero-order chi connectivity index (χ0) is 53.7. The van der Waals surface area contributed by atoms with Crippen molar-refractivity contribution in [1.82, 2.24) is 0 Å². The smallest absolute Gasteiger partial charge is 0.143 e. The maximum atomic E-state index is 6.67. The van der Waals surface area contributed by atoms with Crippen molar-refractivity contribution in [1.29, 1.82) is 0 Å². The summed E-state index contributed by atoms with van der Waals surface area (Å²) in [7, 11) is 0. The minimum absolute atomic E-state index is 0.120. The summed E-state index contributed by atoms with van der Waals surface area (Å²) >= 11 is 1.97. The van der Waals surface area contributed by atoms with E-state index in [1.807, 2.05) is 17.4 Å². The van der Waals surface area contributed by atoms with Crippen molar-refractivity contribution in [3.05, 3.63) is 311 Å². The minimum atomic E-state index is -0.503. The van der Waals surface area contributed by atoms with Crippen LogP contribution < -0.4 is 4.90 Å². The molecule has 2 atom stereocenters. The van der Waals surface area contributed by atoms with Crippen molar-refractivity contribution in [3.8, 4) is 44.5 Å². The molecule has 2 heterocycles. The summed E-state index contributed by atoms with van der Waals surface area (Å²) in [4.78, 5) is 2.58. The Morgan fingerprint density at radius 3 is 2.11 bits per heavy atom. The second-order valence-corrected chi connectivity index (χ2v) is 24.3. The van der Waals surface area contributed by atoms with E-state index >= 15 is 0 Å². The number of rotatable bonds is 8. The van der Waals surface area contributed by atoms with Gasteiger partial charge in [-0.1, -0.05) is 227 Å². The second kappa shape index (κ2) is 17.4. The molecule has 0 saturated carbocycles. The van der Waals surface area contributed by atoms with E-state index in [2.05, 4.69) is 262 Å². The van der Waals surface area contributed by atoms with Gasteiger partial charge in [-0.25, -0.2) is 0 Å². The van der Waals surface area contributed by atoms with Crippen LogP contribution in [0.25, 0.3) is 92.2 Å². The van der Waals surface area contributed by atoms with Gasteiger partial charge in [0.05, 0.1) is 11.5 Å². The van der Waals surface area contributed by atoms with Gasteiger partial charge in [-0.3, -0.25) is 0 Å². The van der Waals surface area contributed by atoms with E-state index in [0.29, 0.717) is 0 Å². The summed E-state index contributed by atoms with van der Waals surface area (Å²) in [6.07, 6.45) is 16.6. The Labute approximate surface area is 476 Å². The number of anilines is 1. The normalized spacial score (nSPS) is 17.7. The lowest BCUT2D eigenvalue weighted by atomic mass is 9.70. The SMILES string of the molecule is C=C/C=C(\C=C/Cc1cccc2c1sc1c3c(ccc12)C1(c2ccccc2-c2ccc(-c4cccc5c4oc4ccccc45)cc21)c1ccccc1-3)N(c1ccc2c(c1)C(C)(C)c1ccccc1-2)C1C=C2Cc3ccccc3C2=CC1. The number of furan rings is 1. The third-order valence-corrected chi connectivity index (χ3v) is 20.2. The molecule has 5 aliphatic rings. The third-order valence-electron chi connectivity index (χ3n) is 18.9. The molecule has 0 N–H and O–H groups in total. The fraction of sp³-hybridized carbons (Fsp3) is 0.103. The van der Waals surface area contributed by atoms with Crippen LogP contribution in [0.1, 0.15) is 70.3 Å². The van der Waals surface area contributed by atoms with Crippen LogP contribution >= 0.6 is 11.3 Å². The first-order valence-electron chi connectivity index (χ1n) is 28.6. The standard InChI is InChI=1S/C78H55NOS/c1-4-18-51(79(52-36-39-55-50(44-52)43-48-19-5-6-23-54(48)55)53-37-40-59-57-24-7-11-31-66(57)77(2,3)70(59)46-53)22-15-20-47-21-16-30-63-64-41-42-69-73(76(64)81-75(47)63)65-27-9-13-33-68(65)78(69)67-32-12-8-25-58(67)60-38-35-49(45-71(60)78)56-28-17-29-62-61-26-10-14-34-72(61)80-74(56)62/h4-19,21-35,37-42,44-46,52H,1,20,36,43H2,2-3H3/b22-15-,51-18+. The number of fused-ring (bicyclic) bond motifs is 23. The molecule has 3 heteroatoms. The Bertz CT molecular complexity index is 4870. The van der Waals surface area contributed by atoms with Gasteiger partial charge in [-0.15, -0.1) is 11.3 Å². The molecular weight excluding hydrogens is 999 g/mol.